The van der Waals surface area contributed by atoms with Crippen LogP contribution in [0.1, 0.15) is 85.5 Å². The Labute approximate surface area is 266 Å². The van der Waals surface area contributed by atoms with Crippen LogP contribution < -0.4 is 0 Å². The van der Waals surface area contributed by atoms with Gasteiger partial charge in [-0.2, -0.15) is 0 Å². The van der Waals surface area contributed by atoms with Crippen LogP contribution in [0.5, 0.6) is 0 Å². The van der Waals surface area contributed by atoms with E-state index in [1.807, 2.05) is 0 Å². The van der Waals surface area contributed by atoms with Crippen molar-refractivity contribution in [3.63, 3.8) is 0 Å². The summed E-state index contributed by atoms with van der Waals surface area (Å²) in [4.78, 5) is 30.0. The van der Waals surface area contributed by atoms with Crippen molar-refractivity contribution >= 4 is 11.9 Å². The number of hydrogen-bond acceptors (Lipinski definition) is 7. The van der Waals surface area contributed by atoms with Crippen LogP contribution in [0.2, 0.25) is 0 Å². The third-order valence-corrected chi connectivity index (χ3v) is 14.1. The van der Waals surface area contributed by atoms with Crippen LogP contribution in [0.15, 0.2) is 12.7 Å². The van der Waals surface area contributed by atoms with Crippen LogP contribution in [0.4, 0.5) is 0 Å². The van der Waals surface area contributed by atoms with Gasteiger partial charge in [-0.1, -0.05) is 20.4 Å². The van der Waals surface area contributed by atoms with Gasteiger partial charge in [0.05, 0.1) is 32.8 Å². The molecule has 0 bridgehead atoms. The van der Waals surface area contributed by atoms with Gasteiger partial charge in [-0.25, -0.2) is 0 Å². The van der Waals surface area contributed by atoms with Crippen LogP contribution in [-0.2, 0) is 19.1 Å². The molecule has 8 nitrogen and oxygen atoms in total. The normalized spacial score (nSPS) is 44.6. The highest BCUT2D eigenvalue weighted by Gasteiger charge is 2.65. The molecule has 6 rings (SSSR count). The van der Waals surface area contributed by atoms with Gasteiger partial charge < -0.3 is 19.1 Å². The molecular weight excluding hydrogens is 554 g/mol. The fourth-order valence-corrected chi connectivity index (χ4v) is 11.7. The van der Waals surface area contributed by atoms with Crippen molar-refractivity contribution < 1.29 is 28.7 Å². The first-order valence-corrected chi connectivity index (χ1v) is 17.8. The molecule has 0 spiro atoms. The van der Waals surface area contributed by atoms with Gasteiger partial charge in [-0.3, -0.25) is 19.4 Å². The van der Waals surface area contributed by atoms with E-state index in [1.54, 1.807) is 13.8 Å². The minimum Gasteiger partial charge on any atom is -0.461 e. The Kier molecular flexibility index (Phi) is 9.06. The number of rotatable bonds is 6. The number of carbonyl (C=O) groups is 2. The molecule has 0 amide bonds. The minimum atomic E-state index is -0.213. The zero-order chi connectivity index (χ0) is 31.4. The van der Waals surface area contributed by atoms with Gasteiger partial charge in [-0.15, -0.1) is 0 Å². The van der Waals surface area contributed by atoms with Crippen molar-refractivity contribution in [3.8, 4) is 0 Å². The van der Waals surface area contributed by atoms with Crippen molar-refractivity contribution in [1.82, 2.24) is 9.80 Å². The van der Waals surface area contributed by atoms with Gasteiger partial charge in [0.25, 0.3) is 0 Å². The maximum absolute atomic E-state index is 12.6. The summed E-state index contributed by atoms with van der Waals surface area (Å²) >= 11 is 0. The maximum atomic E-state index is 12.6. The average Bonchev–Trinajstić information content (AvgIpc) is 3.25. The molecule has 0 aromatic heterocycles. The van der Waals surface area contributed by atoms with Crippen LogP contribution in [0.25, 0.3) is 0 Å². The van der Waals surface area contributed by atoms with Crippen LogP contribution >= 0.6 is 0 Å². The van der Waals surface area contributed by atoms with E-state index in [1.165, 1.54) is 19.3 Å². The summed E-state index contributed by atoms with van der Waals surface area (Å²) in [5.41, 5.74) is 0.209. The van der Waals surface area contributed by atoms with E-state index in [4.69, 9.17) is 9.47 Å². The first-order valence-electron chi connectivity index (χ1n) is 17.8. The lowest BCUT2D eigenvalue weighted by molar-refractivity contribution is -0.908. The molecule has 0 aromatic rings. The monoisotopic (exact) mass is 614 g/mol. The number of piperazine rings is 1. The lowest BCUT2D eigenvalue weighted by Crippen LogP contribution is -2.61. The van der Waals surface area contributed by atoms with Crippen LogP contribution in [0.3, 0.4) is 0 Å². The second-order valence-corrected chi connectivity index (χ2v) is 16.5. The molecule has 8 heteroatoms. The Bertz CT molecular complexity index is 1080. The van der Waals surface area contributed by atoms with Gasteiger partial charge in [0.1, 0.15) is 12.2 Å². The standard InChI is InChI=1S/C36H60N3O5/c1-7-18-39(6)19-16-38(17-20-39)31-22-30-28-9-8-26-21-33(43-24(2)40)32(37-14-11-27(42)12-15-37)23-36(26,5)29(28)10-13-35(30,4)34(31)44-25(3)41/h7,26-34,42H,1,8-23H2,2-6H3/q+1/t26-,28+,29-,30-,31-,32-,33-,34-,35-,36-/m0/s1. The zero-order valence-electron chi connectivity index (χ0n) is 28.2. The summed E-state index contributed by atoms with van der Waals surface area (Å²) in [5.74, 6) is 2.09. The maximum Gasteiger partial charge on any atom is 0.302 e. The Hall–Kier alpha value is -1.48. The summed E-state index contributed by atoms with van der Waals surface area (Å²) in [6.45, 7) is 19.3. The van der Waals surface area contributed by atoms with Crippen molar-refractivity contribution in [1.29, 1.82) is 0 Å². The van der Waals surface area contributed by atoms with Gasteiger partial charge in [0.2, 0.25) is 0 Å². The summed E-state index contributed by atoms with van der Waals surface area (Å²) in [6, 6.07) is 0.518. The lowest BCUT2D eigenvalue weighted by atomic mass is 9.44. The fraction of sp³-hybridized carbons (Fsp3) is 0.889. The lowest BCUT2D eigenvalue weighted by Gasteiger charge is -2.62. The first-order chi connectivity index (χ1) is 20.9. The van der Waals surface area contributed by atoms with E-state index in [9.17, 15) is 14.7 Å². The van der Waals surface area contributed by atoms with Crippen LogP contribution in [-0.4, -0.2) is 115 Å². The van der Waals surface area contributed by atoms with E-state index < -0.39 is 0 Å². The Morgan fingerprint density at radius 2 is 1.55 bits per heavy atom. The summed E-state index contributed by atoms with van der Waals surface area (Å²) < 4.78 is 13.4. The van der Waals surface area contributed by atoms with E-state index in [-0.39, 0.29) is 47.1 Å². The number of piperidine rings is 1. The number of likely N-dealkylation sites (N-methyl/N-ethyl adjacent to an activating group) is 1. The topological polar surface area (TPSA) is 79.3 Å². The smallest absolute Gasteiger partial charge is 0.302 e. The highest BCUT2D eigenvalue weighted by atomic mass is 16.5. The number of fused-ring (bicyclic) bond motifs is 5. The van der Waals surface area contributed by atoms with Gasteiger partial charge in [0.15, 0.2) is 0 Å². The van der Waals surface area contributed by atoms with E-state index in [0.29, 0.717) is 29.7 Å². The molecule has 4 saturated carbocycles. The number of likely N-dealkylation sites (tertiary alicyclic amines) is 1. The predicted molar refractivity (Wildman–Crippen MR) is 171 cm³/mol. The van der Waals surface area contributed by atoms with Crippen LogP contribution in [0, 0.1) is 34.5 Å². The second-order valence-electron chi connectivity index (χ2n) is 16.5. The molecule has 2 saturated heterocycles. The second kappa shape index (κ2) is 12.3. The molecule has 10 atom stereocenters. The SMILES string of the molecule is C=CC[N+]1(C)CCN([C@H]2C[C@H]3[C@@H]4CC[C@H]5C[C@H](OC(C)=O)[C@@H](N6CCC(O)CC6)C[C@]5(C)[C@H]4CC[C@]3(C)[C@H]2OC(C)=O)CC1. The number of quaternary nitrogens is 1. The number of aliphatic hydroxyl groups excluding tert-OH is 1. The summed E-state index contributed by atoms with van der Waals surface area (Å²) in [6.07, 6.45) is 11.2. The van der Waals surface area contributed by atoms with Gasteiger partial charge in [0, 0.05) is 57.5 Å². The Morgan fingerprint density at radius 1 is 0.886 bits per heavy atom. The number of aliphatic hydroxyl groups is 1. The largest absolute Gasteiger partial charge is 0.461 e. The van der Waals surface area contributed by atoms with Crippen molar-refractivity contribution in [3.05, 3.63) is 12.7 Å². The highest BCUT2D eigenvalue weighted by Crippen LogP contribution is 2.67. The number of ether oxygens (including phenoxy) is 2. The third-order valence-electron chi connectivity index (χ3n) is 14.1. The molecule has 6 aliphatic rings. The Balaban J connectivity index is 1.24. The predicted octanol–water partition coefficient (Wildman–Crippen LogP) is 4.25. The van der Waals surface area contributed by atoms with Gasteiger partial charge >= 0.3 is 11.9 Å². The summed E-state index contributed by atoms with van der Waals surface area (Å²) in [7, 11) is 2.34. The highest BCUT2D eigenvalue weighted by molar-refractivity contribution is 5.66. The number of esters is 2. The van der Waals surface area contributed by atoms with Gasteiger partial charge in [-0.05, 0) is 93.0 Å². The Morgan fingerprint density at radius 3 is 2.18 bits per heavy atom. The number of hydrogen-bond donors (Lipinski definition) is 1. The van der Waals surface area contributed by atoms with E-state index >= 15 is 0 Å². The molecule has 0 aromatic carbocycles. The van der Waals surface area contributed by atoms with Crippen molar-refractivity contribution in [2.75, 3.05) is 52.9 Å². The summed E-state index contributed by atoms with van der Waals surface area (Å²) in [5, 5.41) is 10.2. The van der Waals surface area contributed by atoms with E-state index in [2.05, 4.69) is 43.3 Å². The molecule has 44 heavy (non-hydrogen) atoms. The van der Waals surface area contributed by atoms with Crippen molar-refractivity contribution in [2.45, 2.75) is 116 Å². The van der Waals surface area contributed by atoms with E-state index in [0.717, 1.165) is 88.8 Å². The molecule has 248 valence electrons. The molecule has 4 aliphatic carbocycles. The number of nitrogens with zero attached hydrogens (tertiary/aromatic N) is 3. The molecule has 0 unspecified atom stereocenters. The molecular formula is C36H60N3O5+. The zero-order valence-corrected chi connectivity index (χ0v) is 28.2. The molecule has 1 N–H and O–H groups in total. The molecule has 2 aliphatic heterocycles. The number of carbonyl (C=O) groups excluding carboxylic acids is 2. The quantitative estimate of drug-likeness (QED) is 0.272. The van der Waals surface area contributed by atoms with Crippen molar-refractivity contribution in [2.24, 2.45) is 34.5 Å². The molecule has 0 radical (unpaired) electrons. The third kappa shape index (κ3) is 5.79. The average molecular weight is 615 g/mol. The fourth-order valence-electron chi connectivity index (χ4n) is 11.7. The molecule has 6 fully saturated rings. The minimum absolute atomic E-state index is 0.00871. The first kappa shape index (κ1) is 32.5. The molecule has 2 heterocycles.